The molecule has 1 fully saturated rings. The van der Waals surface area contributed by atoms with Crippen molar-refractivity contribution in [2.24, 2.45) is 11.8 Å². The highest BCUT2D eigenvalue weighted by Crippen LogP contribution is 2.28. The molecule has 2 unspecified atom stereocenters. The van der Waals surface area contributed by atoms with Crippen LogP contribution in [0.2, 0.25) is 0 Å². The van der Waals surface area contributed by atoms with Crippen molar-refractivity contribution in [2.45, 2.75) is 38.9 Å². The minimum absolute atomic E-state index is 0.134. The van der Waals surface area contributed by atoms with Gasteiger partial charge in [-0.15, -0.1) is 10.2 Å². The molecule has 0 bridgehead atoms. The van der Waals surface area contributed by atoms with Crippen LogP contribution in [0.3, 0.4) is 0 Å². The highest BCUT2D eigenvalue weighted by Gasteiger charge is 2.27. The van der Waals surface area contributed by atoms with E-state index in [1.165, 1.54) is 18.2 Å². The number of ketones is 1. The Morgan fingerprint density at radius 2 is 2.08 bits per heavy atom. The van der Waals surface area contributed by atoms with Crippen molar-refractivity contribution in [1.82, 2.24) is 14.8 Å². The van der Waals surface area contributed by atoms with Gasteiger partial charge in [0.25, 0.3) is 0 Å². The average Bonchev–Trinajstić information content (AvgIpc) is 3.14. The number of hydrogen-bond acceptors (Lipinski definition) is 6. The first-order valence-corrected chi connectivity index (χ1v) is 9.34. The molecular formula is C17H24N4O2S. The molecule has 0 saturated carbocycles. The van der Waals surface area contributed by atoms with Crippen molar-refractivity contribution in [2.75, 3.05) is 23.7 Å². The number of piperidine rings is 1. The Labute approximate surface area is 146 Å². The van der Waals surface area contributed by atoms with E-state index in [0.717, 1.165) is 30.0 Å². The molecule has 0 N–H and O–H groups in total. The third kappa shape index (κ3) is 4.01. The number of carbonyl (C=O) groups excluding carboxylic acids is 1. The Hall–Kier alpha value is -1.76. The zero-order chi connectivity index (χ0) is 17.1. The van der Waals surface area contributed by atoms with E-state index < -0.39 is 0 Å². The van der Waals surface area contributed by atoms with Crippen LogP contribution in [0.4, 0.5) is 5.95 Å². The van der Waals surface area contributed by atoms with Crippen LogP contribution in [-0.2, 0) is 11.3 Å². The molecule has 2 atom stereocenters. The van der Waals surface area contributed by atoms with Crippen molar-refractivity contribution in [3.63, 3.8) is 0 Å². The Morgan fingerprint density at radius 1 is 1.33 bits per heavy atom. The fourth-order valence-corrected chi connectivity index (χ4v) is 4.04. The summed E-state index contributed by atoms with van der Waals surface area (Å²) in [6.07, 6.45) is 2.92. The number of thioether (sulfide) groups is 1. The topological polar surface area (TPSA) is 64.2 Å². The van der Waals surface area contributed by atoms with E-state index in [2.05, 4.69) is 33.5 Å². The van der Waals surface area contributed by atoms with Crippen molar-refractivity contribution in [1.29, 1.82) is 0 Å². The van der Waals surface area contributed by atoms with Crippen LogP contribution in [0.25, 0.3) is 0 Å². The minimum atomic E-state index is 0.134. The minimum Gasteiger partial charge on any atom is -0.467 e. The van der Waals surface area contributed by atoms with Crippen molar-refractivity contribution >= 4 is 23.5 Å². The van der Waals surface area contributed by atoms with Crippen molar-refractivity contribution < 1.29 is 9.21 Å². The molecule has 0 radical (unpaired) electrons. The number of anilines is 1. The lowest BCUT2D eigenvalue weighted by atomic mass is 9.92. The molecule has 0 aliphatic carbocycles. The van der Waals surface area contributed by atoms with Gasteiger partial charge in [0, 0.05) is 13.1 Å². The fourth-order valence-electron chi connectivity index (χ4n) is 3.31. The maximum Gasteiger partial charge on any atom is 0.228 e. The number of hydrogen-bond donors (Lipinski definition) is 0. The second-order valence-corrected chi connectivity index (χ2v) is 7.73. The van der Waals surface area contributed by atoms with Crippen LogP contribution in [0.5, 0.6) is 0 Å². The first-order chi connectivity index (χ1) is 11.5. The fraction of sp³-hybridized carbons (Fsp3) is 0.588. The van der Waals surface area contributed by atoms with Crippen LogP contribution >= 0.6 is 11.8 Å². The zero-order valence-corrected chi connectivity index (χ0v) is 15.3. The summed E-state index contributed by atoms with van der Waals surface area (Å²) in [5.74, 6) is 3.54. The number of furan rings is 1. The number of rotatable bonds is 6. The molecule has 2 aromatic heterocycles. The molecule has 130 valence electrons. The summed E-state index contributed by atoms with van der Waals surface area (Å²) >= 11 is 1.43. The van der Waals surface area contributed by atoms with Gasteiger partial charge in [-0.25, -0.2) is 0 Å². The summed E-state index contributed by atoms with van der Waals surface area (Å²) in [6.45, 7) is 8.70. The molecule has 24 heavy (non-hydrogen) atoms. The van der Waals surface area contributed by atoms with Gasteiger partial charge >= 0.3 is 0 Å². The van der Waals surface area contributed by atoms with E-state index in [-0.39, 0.29) is 5.78 Å². The normalized spacial score (nSPS) is 21.2. The summed E-state index contributed by atoms with van der Waals surface area (Å²) in [6, 6.07) is 3.83. The lowest BCUT2D eigenvalue weighted by molar-refractivity contribution is -0.114. The molecule has 0 amide bonds. The monoisotopic (exact) mass is 348 g/mol. The largest absolute Gasteiger partial charge is 0.467 e. The molecule has 1 aliphatic rings. The van der Waals surface area contributed by atoms with Gasteiger partial charge in [0.2, 0.25) is 5.95 Å². The van der Waals surface area contributed by atoms with Crippen LogP contribution in [0.15, 0.2) is 28.0 Å². The number of aromatic nitrogens is 3. The van der Waals surface area contributed by atoms with Gasteiger partial charge in [0.05, 0.1) is 18.6 Å². The first kappa shape index (κ1) is 17.1. The molecule has 1 aliphatic heterocycles. The van der Waals surface area contributed by atoms with E-state index >= 15 is 0 Å². The molecule has 3 heterocycles. The van der Waals surface area contributed by atoms with Crippen LogP contribution in [0.1, 0.15) is 33.0 Å². The van der Waals surface area contributed by atoms with Gasteiger partial charge < -0.3 is 9.32 Å². The third-order valence-corrected chi connectivity index (χ3v) is 5.26. The summed E-state index contributed by atoms with van der Waals surface area (Å²) in [7, 11) is 0. The average molecular weight is 348 g/mol. The molecule has 0 aromatic carbocycles. The van der Waals surface area contributed by atoms with Gasteiger partial charge in [-0.2, -0.15) is 0 Å². The van der Waals surface area contributed by atoms with Crippen LogP contribution in [0, 0.1) is 11.8 Å². The van der Waals surface area contributed by atoms with E-state index in [1.54, 1.807) is 13.2 Å². The maximum absolute atomic E-state index is 11.3. The molecule has 7 heteroatoms. The Bertz CT molecular complexity index is 673. The number of nitrogens with zero attached hydrogens (tertiary/aromatic N) is 4. The van der Waals surface area contributed by atoms with Gasteiger partial charge in [-0.1, -0.05) is 25.6 Å². The van der Waals surface area contributed by atoms with Crippen molar-refractivity contribution in [3.05, 3.63) is 24.2 Å². The van der Waals surface area contributed by atoms with Gasteiger partial charge in [-0.05, 0) is 37.3 Å². The maximum atomic E-state index is 11.3. The highest BCUT2D eigenvalue weighted by molar-refractivity contribution is 7.99. The summed E-state index contributed by atoms with van der Waals surface area (Å²) < 4.78 is 7.57. The molecule has 3 rings (SSSR count). The lowest BCUT2D eigenvalue weighted by Crippen LogP contribution is -2.40. The molecule has 1 saturated heterocycles. The lowest BCUT2D eigenvalue weighted by Gasteiger charge is -2.35. The van der Waals surface area contributed by atoms with E-state index in [1.807, 2.05) is 12.1 Å². The van der Waals surface area contributed by atoms with Gasteiger partial charge in [-0.3, -0.25) is 9.36 Å². The predicted molar refractivity (Wildman–Crippen MR) is 94.4 cm³/mol. The van der Waals surface area contributed by atoms with Crippen LogP contribution < -0.4 is 4.90 Å². The third-order valence-electron chi connectivity index (χ3n) is 4.15. The predicted octanol–water partition coefficient (Wildman–Crippen LogP) is 3.08. The second kappa shape index (κ2) is 7.42. The van der Waals surface area contributed by atoms with Crippen LogP contribution in [-0.4, -0.2) is 39.4 Å². The molecule has 0 spiro atoms. The Kier molecular flexibility index (Phi) is 5.28. The Morgan fingerprint density at radius 3 is 2.71 bits per heavy atom. The number of Topliss-reactive ketones (excluding diaryl/α,β-unsaturated/α-hetero) is 1. The molecular weight excluding hydrogens is 324 g/mol. The SMILES string of the molecule is CC(=O)CSc1nnc(N2CC(C)CC(C)C2)n1Cc1ccco1. The quantitative estimate of drug-likeness (QED) is 0.748. The second-order valence-electron chi connectivity index (χ2n) is 6.79. The van der Waals surface area contributed by atoms with Gasteiger partial charge in [0.1, 0.15) is 11.5 Å². The summed E-state index contributed by atoms with van der Waals surface area (Å²) in [4.78, 5) is 13.6. The first-order valence-electron chi connectivity index (χ1n) is 8.35. The smallest absolute Gasteiger partial charge is 0.228 e. The summed E-state index contributed by atoms with van der Waals surface area (Å²) in [5.41, 5.74) is 0. The Balaban J connectivity index is 1.88. The number of carbonyl (C=O) groups is 1. The van der Waals surface area contributed by atoms with E-state index in [0.29, 0.717) is 24.1 Å². The molecule has 2 aromatic rings. The van der Waals surface area contributed by atoms with E-state index in [4.69, 9.17) is 4.42 Å². The standard InChI is InChI=1S/C17H24N4O2S/c1-12-7-13(2)9-20(8-12)16-18-19-17(24-11-14(3)22)21(16)10-15-5-4-6-23-15/h4-6,12-13H,7-11H2,1-3H3. The highest BCUT2D eigenvalue weighted by atomic mass is 32.2. The van der Waals surface area contributed by atoms with Gasteiger partial charge in [0.15, 0.2) is 5.16 Å². The van der Waals surface area contributed by atoms with Crippen molar-refractivity contribution in [3.8, 4) is 0 Å². The summed E-state index contributed by atoms with van der Waals surface area (Å²) in [5, 5.41) is 9.53. The van der Waals surface area contributed by atoms with E-state index in [9.17, 15) is 4.79 Å². The zero-order valence-electron chi connectivity index (χ0n) is 14.4. The molecule has 6 nitrogen and oxygen atoms in total.